The van der Waals surface area contributed by atoms with Crippen LogP contribution in [-0.4, -0.2) is 9.54 Å². The minimum Gasteiger partial charge on any atom is -0.320 e. The summed E-state index contributed by atoms with van der Waals surface area (Å²) in [6.45, 7) is 4.30. The van der Waals surface area contributed by atoms with Gasteiger partial charge in [-0.05, 0) is 34.4 Å². The third-order valence-electron chi connectivity index (χ3n) is 2.21. The maximum atomic E-state index is 8.92. The second-order valence-electron chi connectivity index (χ2n) is 3.52. The number of hydrogen-bond donors (Lipinski definition) is 1. The topological polar surface area (TPSA) is 33.1 Å². The standard InChI is InChI=1S/C10H11NOS3/c1-6(2)7-3-8-10(13-5-11-8)4-9(7)14-15-12/h3-6,12H,1-2H3. The first-order valence-corrected chi connectivity index (χ1v) is 7.56. The number of rotatable bonds is 3. The van der Waals surface area contributed by atoms with E-state index in [0.717, 1.165) is 21.5 Å². The van der Waals surface area contributed by atoms with E-state index in [1.54, 1.807) is 11.3 Å². The lowest BCUT2D eigenvalue weighted by molar-refractivity contribution is 0.676. The Balaban J connectivity index is 2.57. The van der Waals surface area contributed by atoms with Crippen molar-refractivity contribution in [3.63, 3.8) is 0 Å². The van der Waals surface area contributed by atoms with E-state index in [2.05, 4.69) is 31.0 Å². The molecule has 2 nitrogen and oxygen atoms in total. The molecule has 1 aromatic heterocycles. The summed E-state index contributed by atoms with van der Waals surface area (Å²) >= 11 is 2.43. The van der Waals surface area contributed by atoms with Crippen molar-refractivity contribution in [2.75, 3.05) is 0 Å². The van der Waals surface area contributed by atoms with Crippen molar-refractivity contribution < 1.29 is 4.55 Å². The maximum absolute atomic E-state index is 8.92. The van der Waals surface area contributed by atoms with Crippen LogP contribution in [0, 0.1) is 0 Å². The fourth-order valence-corrected chi connectivity index (χ4v) is 3.55. The van der Waals surface area contributed by atoms with Crippen LogP contribution < -0.4 is 0 Å². The summed E-state index contributed by atoms with van der Waals surface area (Å²) in [5, 5.41) is 0. The van der Waals surface area contributed by atoms with Crippen LogP contribution in [0.3, 0.4) is 0 Å². The van der Waals surface area contributed by atoms with E-state index >= 15 is 0 Å². The quantitative estimate of drug-likeness (QED) is 0.642. The van der Waals surface area contributed by atoms with Crippen molar-refractivity contribution in [3.05, 3.63) is 23.2 Å². The van der Waals surface area contributed by atoms with Gasteiger partial charge in [-0.3, -0.25) is 0 Å². The molecule has 0 atom stereocenters. The minimum absolute atomic E-state index is 0.450. The number of thiazole rings is 1. The number of fused-ring (bicyclic) bond motifs is 1. The Kier molecular flexibility index (Phi) is 3.56. The molecule has 0 unspecified atom stereocenters. The van der Waals surface area contributed by atoms with E-state index < -0.39 is 0 Å². The zero-order valence-corrected chi connectivity index (χ0v) is 10.9. The van der Waals surface area contributed by atoms with Gasteiger partial charge in [0.2, 0.25) is 0 Å². The molecule has 0 saturated heterocycles. The van der Waals surface area contributed by atoms with E-state index in [0.29, 0.717) is 5.92 Å². The van der Waals surface area contributed by atoms with Crippen LogP contribution in [0.1, 0.15) is 25.3 Å². The number of aromatic nitrogens is 1. The molecule has 2 aromatic rings. The number of nitrogens with zero attached hydrogens (tertiary/aromatic N) is 1. The van der Waals surface area contributed by atoms with Gasteiger partial charge in [-0.2, -0.15) is 0 Å². The predicted octanol–water partition coefficient (Wildman–Crippen LogP) is 4.63. The largest absolute Gasteiger partial charge is 0.320 e. The molecular formula is C10H11NOS3. The van der Waals surface area contributed by atoms with Gasteiger partial charge in [-0.1, -0.05) is 13.8 Å². The van der Waals surface area contributed by atoms with Crippen LogP contribution in [-0.2, 0) is 0 Å². The number of hydrogen-bond acceptors (Lipinski definition) is 5. The molecule has 1 aromatic carbocycles. The highest BCUT2D eigenvalue weighted by Gasteiger charge is 2.10. The molecule has 0 fully saturated rings. The fraction of sp³-hybridized carbons (Fsp3) is 0.300. The van der Waals surface area contributed by atoms with Gasteiger partial charge in [0.25, 0.3) is 0 Å². The molecule has 5 heteroatoms. The van der Waals surface area contributed by atoms with Gasteiger partial charge >= 0.3 is 0 Å². The molecular weight excluding hydrogens is 246 g/mol. The normalized spacial score (nSPS) is 11.5. The highest BCUT2D eigenvalue weighted by atomic mass is 33.1. The second kappa shape index (κ2) is 4.74. The van der Waals surface area contributed by atoms with Crippen molar-refractivity contribution in [3.8, 4) is 0 Å². The van der Waals surface area contributed by atoms with Gasteiger partial charge in [0.1, 0.15) is 0 Å². The number of benzene rings is 1. The molecule has 0 aliphatic heterocycles. The zero-order chi connectivity index (χ0) is 10.8. The van der Waals surface area contributed by atoms with Crippen LogP contribution in [0.2, 0.25) is 0 Å². The summed E-state index contributed by atoms with van der Waals surface area (Å²) in [5.74, 6) is 0.450. The average Bonchev–Trinajstić information content (AvgIpc) is 2.63. The van der Waals surface area contributed by atoms with E-state index in [9.17, 15) is 0 Å². The first-order chi connectivity index (χ1) is 7.22. The van der Waals surface area contributed by atoms with Gasteiger partial charge in [0.15, 0.2) is 0 Å². The molecule has 80 valence electrons. The summed E-state index contributed by atoms with van der Waals surface area (Å²) in [6, 6.07) is 4.23. The average molecular weight is 257 g/mol. The Morgan fingerprint density at radius 3 is 2.87 bits per heavy atom. The fourth-order valence-electron chi connectivity index (χ4n) is 1.46. The van der Waals surface area contributed by atoms with Crippen molar-refractivity contribution in [1.29, 1.82) is 0 Å². The van der Waals surface area contributed by atoms with Gasteiger partial charge in [0, 0.05) is 4.90 Å². The summed E-state index contributed by atoms with van der Waals surface area (Å²) < 4.78 is 10.1. The minimum atomic E-state index is 0.450. The Morgan fingerprint density at radius 1 is 1.40 bits per heavy atom. The van der Waals surface area contributed by atoms with Crippen molar-refractivity contribution >= 4 is 43.4 Å². The highest BCUT2D eigenvalue weighted by Crippen LogP contribution is 2.37. The molecule has 0 amide bonds. The highest BCUT2D eigenvalue weighted by molar-refractivity contribution is 8.74. The lowest BCUT2D eigenvalue weighted by Gasteiger charge is -2.10. The molecule has 0 aliphatic carbocycles. The molecule has 15 heavy (non-hydrogen) atoms. The third-order valence-corrected chi connectivity index (χ3v) is 4.37. The lowest BCUT2D eigenvalue weighted by atomic mass is 10.0. The zero-order valence-electron chi connectivity index (χ0n) is 8.43. The Labute approximate surface area is 101 Å². The monoisotopic (exact) mass is 257 g/mol. The Bertz CT molecular complexity index is 467. The molecule has 2 rings (SSSR count). The smallest absolute Gasteiger partial charge is 0.0815 e. The molecule has 0 saturated carbocycles. The van der Waals surface area contributed by atoms with Crippen LogP contribution in [0.15, 0.2) is 22.5 Å². The van der Waals surface area contributed by atoms with E-state index in [1.807, 2.05) is 5.51 Å². The summed E-state index contributed by atoms with van der Waals surface area (Å²) in [4.78, 5) is 5.44. The molecule has 0 aliphatic rings. The summed E-state index contributed by atoms with van der Waals surface area (Å²) in [6.07, 6.45) is 0. The molecule has 0 spiro atoms. The molecule has 1 heterocycles. The molecule has 1 N–H and O–H groups in total. The van der Waals surface area contributed by atoms with Crippen LogP contribution in [0.25, 0.3) is 10.2 Å². The maximum Gasteiger partial charge on any atom is 0.0815 e. The van der Waals surface area contributed by atoms with Crippen LogP contribution in [0.5, 0.6) is 0 Å². The summed E-state index contributed by atoms with van der Waals surface area (Å²) in [5.41, 5.74) is 4.16. The SMILES string of the molecule is CC(C)c1cc2ncsc2cc1SSO. The van der Waals surface area contributed by atoms with Crippen LogP contribution in [0.4, 0.5) is 0 Å². The molecule has 0 radical (unpaired) electrons. The van der Waals surface area contributed by atoms with Gasteiger partial charge in [-0.15, -0.1) is 11.3 Å². The van der Waals surface area contributed by atoms with Crippen molar-refractivity contribution in [2.24, 2.45) is 0 Å². The lowest BCUT2D eigenvalue weighted by Crippen LogP contribution is -1.90. The third kappa shape index (κ3) is 2.30. The van der Waals surface area contributed by atoms with E-state index in [-0.39, 0.29) is 0 Å². The second-order valence-corrected chi connectivity index (χ2v) is 6.11. The van der Waals surface area contributed by atoms with Crippen LogP contribution >= 0.6 is 33.2 Å². The van der Waals surface area contributed by atoms with Gasteiger partial charge in [0.05, 0.1) is 26.8 Å². The van der Waals surface area contributed by atoms with Gasteiger partial charge < -0.3 is 4.55 Å². The van der Waals surface area contributed by atoms with Gasteiger partial charge in [-0.25, -0.2) is 4.98 Å². The van der Waals surface area contributed by atoms with E-state index in [1.165, 1.54) is 21.1 Å². The van der Waals surface area contributed by atoms with E-state index in [4.69, 9.17) is 4.55 Å². The summed E-state index contributed by atoms with van der Waals surface area (Å²) in [7, 11) is 1.40. The van der Waals surface area contributed by atoms with Crippen molar-refractivity contribution in [2.45, 2.75) is 24.7 Å². The van der Waals surface area contributed by atoms with Crippen molar-refractivity contribution in [1.82, 2.24) is 4.98 Å². The first kappa shape index (κ1) is 11.3. The first-order valence-electron chi connectivity index (χ1n) is 4.57. The molecule has 0 bridgehead atoms. The Morgan fingerprint density at radius 2 is 2.20 bits per heavy atom. The predicted molar refractivity (Wildman–Crippen MR) is 69.8 cm³/mol. The Hall–Kier alpha value is -0.230.